The average Bonchev–Trinajstić information content (AvgIpc) is 2.95. The van der Waals surface area contributed by atoms with Gasteiger partial charge in [-0.05, 0) is 43.8 Å². The van der Waals surface area contributed by atoms with Gasteiger partial charge in [-0.2, -0.15) is 18.3 Å². The number of para-hydroxylation sites is 1. The van der Waals surface area contributed by atoms with E-state index in [0.29, 0.717) is 18.2 Å². The van der Waals surface area contributed by atoms with Crippen molar-refractivity contribution < 1.29 is 22.7 Å². The fourth-order valence-corrected chi connectivity index (χ4v) is 3.20. The van der Waals surface area contributed by atoms with Crippen molar-refractivity contribution in [3.05, 3.63) is 30.3 Å². The summed E-state index contributed by atoms with van der Waals surface area (Å²) < 4.78 is 46.6. The molecule has 1 aliphatic rings. The number of hydrogen-bond donors (Lipinski definition) is 1. The van der Waals surface area contributed by atoms with E-state index >= 15 is 0 Å². The van der Waals surface area contributed by atoms with Crippen molar-refractivity contribution in [2.24, 2.45) is 5.10 Å². The van der Waals surface area contributed by atoms with Gasteiger partial charge < -0.3 is 4.74 Å². The number of esters is 1. The standard InChI is InChI=1S/C15H18F3N3O2S/c1-3-10-19-15(14(16,17)18)21(11-8-6-5-7-9-11)20-12(24-15)13(22)23-4-2/h5-9,19H,3-4,10H2,1-2H3. The van der Waals surface area contributed by atoms with Gasteiger partial charge in [0, 0.05) is 0 Å². The topological polar surface area (TPSA) is 53.9 Å². The highest BCUT2D eigenvalue weighted by Gasteiger charge is 2.64. The van der Waals surface area contributed by atoms with Gasteiger partial charge in [0.1, 0.15) is 0 Å². The molecule has 1 N–H and O–H groups in total. The highest BCUT2D eigenvalue weighted by Crippen LogP contribution is 2.48. The molecule has 0 radical (unpaired) electrons. The summed E-state index contributed by atoms with van der Waals surface area (Å²) in [5, 5.41) is 6.88. The molecule has 1 aromatic carbocycles. The van der Waals surface area contributed by atoms with Gasteiger partial charge in [0.05, 0.1) is 12.3 Å². The maximum Gasteiger partial charge on any atom is 0.437 e. The Bertz CT molecular complexity index is 610. The monoisotopic (exact) mass is 361 g/mol. The predicted molar refractivity (Wildman–Crippen MR) is 87.7 cm³/mol. The molecule has 1 heterocycles. The molecular weight excluding hydrogens is 343 g/mol. The van der Waals surface area contributed by atoms with Crippen LogP contribution in [0, 0.1) is 0 Å². The van der Waals surface area contributed by atoms with Crippen LogP contribution in [-0.4, -0.2) is 35.3 Å². The summed E-state index contributed by atoms with van der Waals surface area (Å²) >= 11 is 0.321. The van der Waals surface area contributed by atoms with Crippen molar-refractivity contribution in [1.29, 1.82) is 0 Å². The molecule has 0 saturated carbocycles. The van der Waals surface area contributed by atoms with Gasteiger partial charge in [-0.1, -0.05) is 25.1 Å². The van der Waals surface area contributed by atoms with Crippen LogP contribution in [0.15, 0.2) is 35.4 Å². The molecule has 0 aliphatic carbocycles. The van der Waals surface area contributed by atoms with Gasteiger partial charge in [0.25, 0.3) is 4.99 Å². The molecule has 1 aromatic rings. The summed E-state index contributed by atoms with van der Waals surface area (Å²) in [6, 6.07) is 7.92. The molecular formula is C15H18F3N3O2S. The summed E-state index contributed by atoms with van der Waals surface area (Å²) in [4.78, 5) is 9.37. The number of hydrazone groups is 1. The Hall–Kier alpha value is -1.74. The quantitative estimate of drug-likeness (QED) is 0.788. The molecule has 1 aliphatic heterocycles. The highest BCUT2D eigenvalue weighted by molar-refractivity contribution is 8.17. The molecule has 0 amide bonds. The first kappa shape index (κ1) is 18.6. The SMILES string of the molecule is CCCNC1(C(F)(F)F)SC(C(=O)OCC)=NN1c1ccccc1. The van der Waals surface area contributed by atoms with Crippen LogP contribution in [0.2, 0.25) is 0 Å². The number of carbonyl (C=O) groups is 1. The fraction of sp³-hybridized carbons (Fsp3) is 0.467. The zero-order chi connectivity index (χ0) is 17.8. The minimum absolute atomic E-state index is 0.0607. The lowest BCUT2D eigenvalue weighted by atomic mass is 10.3. The molecule has 132 valence electrons. The number of halogens is 3. The Balaban J connectivity index is 2.49. The second-order valence-corrected chi connectivity index (χ2v) is 6.13. The van der Waals surface area contributed by atoms with Gasteiger partial charge in [-0.15, -0.1) is 0 Å². The van der Waals surface area contributed by atoms with Crippen LogP contribution in [0.3, 0.4) is 0 Å². The molecule has 0 aromatic heterocycles. The number of nitrogens with one attached hydrogen (secondary N) is 1. The van der Waals surface area contributed by atoms with E-state index in [1.165, 1.54) is 12.1 Å². The molecule has 1 unspecified atom stereocenters. The lowest BCUT2D eigenvalue weighted by Crippen LogP contribution is -2.62. The maximum absolute atomic E-state index is 13.9. The first-order chi connectivity index (χ1) is 11.4. The van der Waals surface area contributed by atoms with Crippen molar-refractivity contribution >= 4 is 28.5 Å². The molecule has 9 heteroatoms. The van der Waals surface area contributed by atoms with Gasteiger partial charge in [-0.3, -0.25) is 5.32 Å². The van der Waals surface area contributed by atoms with E-state index in [4.69, 9.17) is 4.74 Å². The number of benzene rings is 1. The number of hydrogen-bond acceptors (Lipinski definition) is 6. The number of ether oxygens (including phenoxy) is 1. The molecule has 0 bridgehead atoms. The Morgan fingerprint density at radius 2 is 2.00 bits per heavy atom. The minimum atomic E-state index is -4.68. The van der Waals surface area contributed by atoms with Crippen LogP contribution in [-0.2, 0) is 9.53 Å². The van der Waals surface area contributed by atoms with Crippen LogP contribution in [0.1, 0.15) is 20.3 Å². The molecule has 0 saturated heterocycles. The van der Waals surface area contributed by atoms with Crippen LogP contribution in [0.25, 0.3) is 0 Å². The molecule has 5 nitrogen and oxygen atoms in total. The van der Waals surface area contributed by atoms with Gasteiger partial charge in [0.15, 0.2) is 0 Å². The molecule has 2 rings (SSSR count). The normalized spacial score (nSPS) is 20.9. The van der Waals surface area contributed by atoms with Crippen molar-refractivity contribution in [2.75, 3.05) is 18.2 Å². The van der Waals surface area contributed by atoms with E-state index in [0.717, 1.165) is 5.01 Å². The Labute approximate surface area is 142 Å². The number of rotatable bonds is 6. The van der Waals surface area contributed by atoms with E-state index in [9.17, 15) is 18.0 Å². The smallest absolute Gasteiger partial charge is 0.437 e. The van der Waals surface area contributed by atoms with Crippen molar-refractivity contribution in [3.63, 3.8) is 0 Å². The fourth-order valence-electron chi connectivity index (χ4n) is 2.13. The number of thioether (sulfide) groups is 1. The minimum Gasteiger partial charge on any atom is -0.461 e. The van der Waals surface area contributed by atoms with Crippen LogP contribution < -0.4 is 10.3 Å². The zero-order valence-electron chi connectivity index (χ0n) is 13.3. The van der Waals surface area contributed by atoms with Crippen molar-refractivity contribution in [2.45, 2.75) is 31.4 Å². The van der Waals surface area contributed by atoms with Gasteiger partial charge >= 0.3 is 12.1 Å². The third kappa shape index (κ3) is 3.51. The maximum atomic E-state index is 13.9. The first-order valence-electron chi connectivity index (χ1n) is 7.47. The van der Waals surface area contributed by atoms with Crippen molar-refractivity contribution in [3.8, 4) is 0 Å². The van der Waals surface area contributed by atoms with Gasteiger partial charge in [-0.25, -0.2) is 9.80 Å². The average molecular weight is 361 g/mol. The lowest BCUT2D eigenvalue weighted by molar-refractivity contribution is -0.166. The van der Waals surface area contributed by atoms with E-state index in [1.54, 1.807) is 32.0 Å². The second-order valence-electron chi connectivity index (χ2n) is 4.94. The zero-order valence-corrected chi connectivity index (χ0v) is 14.1. The van der Waals surface area contributed by atoms with E-state index in [1.807, 2.05) is 0 Å². The third-order valence-electron chi connectivity index (χ3n) is 3.18. The highest BCUT2D eigenvalue weighted by atomic mass is 32.2. The van der Waals surface area contributed by atoms with E-state index in [2.05, 4.69) is 10.4 Å². The third-order valence-corrected chi connectivity index (χ3v) is 4.47. The molecule has 0 fully saturated rings. The largest absolute Gasteiger partial charge is 0.461 e. The van der Waals surface area contributed by atoms with Crippen molar-refractivity contribution in [1.82, 2.24) is 5.32 Å². The molecule has 24 heavy (non-hydrogen) atoms. The summed E-state index contributed by atoms with van der Waals surface area (Å²) in [7, 11) is 0. The number of carbonyl (C=O) groups excluding carboxylic acids is 1. The molecule has 0 spiro atoms. The Kier molecular flexibility index (Phi) is 5.76. The van der Waals surface area contributed by atoms with E-state index in [-0.39, 0.29) is 23.9 Å². The summed E-state index contributed by atoms with van der Waals surface area (Å²) in [6.07, 6.45) is -4.18. The summed E-state index contributed by atoms with van der Waals surface area (Å²) in [5.41, 5.74) is 0.227. The number of alkyl halides is 3. The predicted octanol–water partition coefficient (Wildman–Crippen LogP) is 3.33. The Morgan fingerprint density at radius 3 is 2.54 bits per heavy atom. The first-order valence-corrected chi connectivity index (χ1v) is 8.29. The second kappa shape index (κ2) is 7.43. The van der Waals surface area contributed by atoms with Gasteiger partial charge in [0.2, 0.25) is 5.04 Å². The van der Waals surface area contributed by atoms with Crippen LogP contribution >= 0.6 is 11.8 Å². The summed E-state index contributed by atoms with van der Waals surface area (Å²) in [5.74, 6) is -0.868. The summed E-state index contributed by atoms with van der Waals surface area (Å²) in [6.45, 7) is 3.52. The lowest BCUT2D eigenvalue weighted by Gasteiger charge is -2.38. The van der Waals surface area contributed by atoms with E-state index < -0.39 is 17.1 Å². The molecule has 1 atom stereocenters. The van der Waals surface area contributed by atoms with Crippen LogP contribution in [0.4, 0.5) is 18.9 Å². The number of anilines is 1. The Morgan fingerprint density at radius 1 is 1.33 bits per heavy atom. The number of nitrogens with zero attached hydrogens (tertiary/aromatic N) is 2. The van der Waals surface area contributed by atoms with Crippen LogP contribution in [0.5, 0.6) is 0 Å².